The predicted octanol–water partition coefficient (Wildman–Crippen LogP) is 3.62. The highest BCUT2D eigenvalue weighted by molar-refractivity contribution is 6.03. The van der Waals surface area contributed by atoms with E-state index in [4.69, 9.17) is 9.47 Å². The van der Waals surface area contributed by atoms with Crippen molar-refractivity contribution in [1.82, 2.24) is 5.32 Å². The summed E-state index contributed by atoms with van der Waals surface area (Å²) < 4.78 is 11.3. The van der Waals surface area contributed by atoms with E-state index in [-0.39, 0.29) is 30.9 Å². The van der Waals surface area contributed by atoms with Crippen LogP contribution in [0.4, 0.5) is 5.69 Å². The predicted molar refractivity (Wildman–Crippen MR) is 112 cm³/mol. The lowest BCUT2D eigenvalue weighted by molar-refractivity contribution is -0.116. The molecule has 0 saturated carbocycles. The number of rotatable bonds is 8. The first kappa shape index (κ1) is 20.9. The van der Waals surface area contributed by atoms with Crippen LogP contribution in [0.15, 0.2) is 42.5 Å². The number of hydrogen-bond acceptors (Lipinski definition) is 4. The van der Waals surface area contributed by atoms with Crippen LogP contribution in [0.3, 0.4) is 0 Å². The van der Waals surface area contributed by atoms with E-state index in [1.807, 2.05) is 32.0 Å². The Labute approximate surface area is 171 Å². The fraction of sp³-hybridized carbons (Fsp3) is 0.391. The number of benzene rings is 2. The average Bonchev–Trinajstić information content (AvgIpc) is 3.23. The van der Waals surface area contributed by atoms with Crippen LogP contribution >= 0.6 is 0 Å². The molecule has 6 heteroatoms. The lowest BCUT2D eigenvalue weighted by Gasteiger charge is -2.14. The van der Waals surface area contributed by atoms with Crippen molar-refractivity contribution in [3.05, 3.63) is 59.2 Å². The molecule has 1 aliphatic rings. The maximum atomic E-state index is 12.5. The van der Waals surface area contributed by atoms with Crippen molar-refractivity contribution in [2.75, 3.05) is 25.1 Å². The molecular formula is C23H28N2O4. The first-order valence-electron chi connectivity index (χ1n) is 10.0. The molecule has 2 N–H and O–H groups in total. The maximum Gasteiger partial charge on any atom is 0.253 e. The molecule has 0 spiro atoms. The van der Waals surface area contributed by atoms with E-state index in [0.29, 0.717) is 17.8 Å². The minimum atomic E-state index is -0.219. The van der Waals surface area contributed by atoms with Gasteiger partial charge < -0.3 is 20.1 Å². The number of anilines is 1. The van der Waals surface area contributed by atoms with E-state index in [1.54, 1.807) is 24.3 Å². The molecular weight excluding hydrogens is 368 g/mol. The second kappa shape index (κ2) is 10.1. The number of carbonyl (C=O) groups excluding carboxylic acids is 2. The third-order valence-corrected chi connectivity index (χ3v) is 5.10. The molecule has 0 aliphatic carbocycles. The Hall–Kier alpha value is -2.86. The van der Waals surface area contributed by atoms with E-state index in [2.05, 4.69) is 10.6 Å². The van der Waals surface area contributed by atoms with Gasteiger partial charge in [0.15, 0.2) is 0 Å². The van der Waals surface area contributed by atoms with Crippen LogP contribution in [0.5, 0.6) is 5.75 Å². The average molecular weight is 396 g/mol. The summed E-state index contributed by atoms with van der Waals surface area (Å²) in [5.74, 6) is 0.365. The topological polar surface area (TPSA) is 76.7 Å². The molecule has 0 aromatic heterocycles. The van der Waals surface area contributed by atoms with Gasteiger partial charge in [-0.05, 0) is 56.0 Å². The zero-order chi connectivity index (χ0) is 20.6. The first-order valence-corrected chi connectivity index (χ1v) is 10.0. The number of aryl methyl sites for hydroxylation is 1. The molecule has 1 aliphatic heterocycles. The summed E-state index contributed by atoms with van der Waals surface area (Å²) in [6.07, 6.45) is 2.25. The van der Waals surface area contributed by atoms with Crippen molar-refractivity contribution < 1.29 is 19.1 Å². The minimum Gasteiger partial charge on any atom is -0.493 e. The van der Waals surface area contributed by atoms with Crippen LogP contribution in [0, 0.1) is 13.8 Å². The molecule has 29 heavy (non-hydrogen) atoms. The molecule has 0 bridgehead atoms. The van der Waals surface area contributed by atoms with Gasteiger partial charge in [0.1, 0.15) is 5.75 Å². The molecule has 1 unspecified atom stereocenters. The number of hydrogen-bond donors (Lipinski definition) is 2. The highest BCUT2D eigenvalue weighted by Crippen LogP contribution is 2.21. The largest absolute Gasteiger partial charge is 0.493 e. The monoisotopic (exact) mass is 396 g/mol. The maximum absolute atomic E-state index is 12.5. The zero-order valence-corrected chi connectivity index (χ0v) is 17.0. The Morgan fingerprint density at radius 1 is 1.14 bits per heavy atom. The summed E-state index contributed by atoms with van der Waals surface area (Å²) >= 11 is 0. The smallest absolute Gasteiger partial charge is 0.253 e. The van der Waals surface area contributed by atoms with Crippen LogP contribution in [0.2, 0.25) is 0 Å². The molecule has 154 valence electrons. The second-order valence-corrected chi connectivity index (χ2v) is 7.24. The Balaban J connectivity index is 1.52. The van der Waals surface area contributed by atoms with E-state index in [0.717, 1.165) is 36.3 Å². The lowest BCUT2D eigenvalue weighted by atomic mass is 10.1. The molecule has 0 radical (unpaired) electrons. The molecule has 2 aromatic carbocycles. The molecule has 1 heterocycles. The van der Waals surface area contributed by atoms with Crippen molar-refractivity contribution in [2.45, 2.75) is 39.2 Å². The van der Waals surface area contributed by atoms with Gasteiger partial charge in [-0.15, -0.1) is 0 Å². The zero-order valence-electron chi connectivity index (χ0n) is 17.0. The molecule has 1 saturated heterocycles. The molecule has 1 atom stereocenters. The van der Waals surface area contributed by atoms with Crippen LogP contribution in [0.1, 0.15) is 40.7 Å². The van der Waals surface area contributed by atoms with Crippen molar-refractivity contribution in [2.24, 2.45) is 0 Å². The van der Waals surface area contributed by atoms with E-state index in [9.17, 15) is 9.59 Å². The Kier molecular flexibility index (Phi) is 7.25. The Morgan fingerprint density at radius 3 is 2.76 bits per heavy atom. The normalized spacial score (nSPS) is 15.7. The third-order valence-electron chi connectivity index (χ3n) is 5.10. The van der Waals surface area contributed by atoms with Gasteiger partial charge in [-0.3, -0.25) is 9.59 Å². The van der Waals surface area contributed by atoms with E-state index < -0.39 is 0 Å². The molecule has 6 nitrogen and oxygen atoms in total. The number of amides is 2. The van der Waals surface area contributed by atoms with Gasteiger partial charge in [0, 0.05) is 13.2 Å². The molecule has 1 fully saturated rings. The lowest BCUT2D eigenvalue weighted by Crippen LogP contribution is -2.32. The van der Waals surface area contributed by atoms with Gasteiger partial charge in [-0.25, -0.2) is 0 Å². The summed E-state index contributed by atoms with van der Waals surface area (Å²) in [6, 6.07) is 12.9. The number of nitrogens with one attached hydrogen (secondary N) is 2. The number of ether oxygens (including phenoxy) is 2. The minimum absolute atomic E-state index is 0.0722. The summed E-state index contributed by atoms with van der Waals surface area (Å²) in [4.78, 5) is 24.9. The van der Waals surface area contributed by atoms with Gasteiger partial charge in [0.2, 0.25) is 5.91 Å². The summed E-state index contributed by atoms with van der Waals surface area (Å²) in [5, 5.41) is 5.71. The van der Waals surface area contributed by atoms with Crippen molar-refractivity contribution in [3.63, 3.8) is 0 Å². The molecule has 3 rings (SSSR count). The van der Waals surface area contributed by atoms with Gasteiger partial charge in [-0.1, -0.05) is 24.3 Å². The van der Waals surface area contributed by atoms with E-state index >= 15 is 0 Å². The fourth-order valence-electron chi connectivity index (χ4n) is 3.24. The van der Waals surface area contributed by atoms with Gasteiger partial charge in [-0.2, -0.15) is 0 Å². The van der Waals surface area contributed by atoms with Gasteiger partial charge >= 0.3 is 0 Å². The van der Waals surface area contributed by atoms with Gasteiger partial charge in [0.05, 0.1) is 30.4 Å². The van der Waals surface area contributed by atoms with Crippen molar-refractivity contribution in [1.29, 1.82) is 0 Å². The Bertz CT molecular complexity index is 860. The van der Waals surface area contributed by atoms with Crippen LogP contribution in [-0.4, -0.2) is 37.7 Å². The Morgan fingerprint density at radius 2 is 1.97 bits per heavy atom. The number of carbonyl (C=O) groups is 2. The van der Waals surface area contributed by atoms with Gasteiger partial charge in [0.25, 0.3) is 5.91 Å². The highest BCUT2D eigenvalue weighted by atomic mass is 16.5. The molecule has 2 aromatic rings. The quantitative estimate of drug-likeness (QED) is 0.715. The number of para-hydroxylation sites is 1. The standard InChI is InChI=1S/C23H28N2O4/c1-16-7-5-11-21(17(16)2)29-14-12-22(26)25-20-10-4-3-9-19(20)23(27)24-15-18-8-6-13-28-18/h3-5,7,9-11,18H,6,8,12-15H2,1-2H3,(H,24,27)(H,25,26). The second-order valence-electron chi connectivity index (χ2n) is 7.24. The fourth-order valence-corrected chi connectivity index (χ4v) is 3.24. The van der Waals surface area contributed by atoms with Crippen LogP contribution in [-0.2, 0) is 9.53 Å². The van der Waals surface area contributed by atoms with Crippen molar-refractivity contribution >= 4 is 17.5 Å². The summed E-state index contributed by atoms with van der Waals surface area (Å²) in [6.45, 7) is 5.51. The highest BCUT2D eigenvalue weighted by Gasteiger charge is 2.18. The van der Waals surface area contributed by atoms with Crippen LogP contribution < -0.4 is 15.4 Å². The first-order chi connectivity index (χ1) is 14.0. The molecule has 2 amide bonds. The van der Waals surface area contributed by atoms with Crippen molar-refractivity contribution in [3.8, 4) is 5.75 Å². The third kappa shape index (κ3) is 5.81. The summed E-state index contributed by atoms with van der Waals surface area (Å²) in [7, 11) is 0. The summed E-state index contributed by atoms with van der Waals surface area (Å²) in [5.41, 5.74) is 3.15. The van der Waals surface area contributed by atoms with E-state index in [1.165, 1.54) is 0 Å². The van der Waals surface area contributed by atoms with Crippen LogP contribution in [0.25, 0.3) is 0 Å². The SMILES string of the molecule is Cc1cccc(OCCC(=O)Nc2ccccc2C(=O)NCC2CCCO2)c1C.